The van der Waals surface area contributed by atoms with Gasteiger partial charge in [-0.15, -0.1) is 0 Å². The van der Waals surface area contributed by atoms with Crippen molar-refractivity contribution in [1.29, 1.82) is 0 Å². The number of ether oxygens (including phenoxy) is 1. The molecule has 2 bridgehead atoms. The number of amides is 1. The van der Waals surface area contributed by atoms with E-state index in [1.54, 1.807) is 7.05 Å². The van der Waals surface area contributed by atoms with Crippen molar-refractivity contribution in [2.75, 3.05) is 25.9 Å². The van der Waals surface area contributed by atoms with Crippen molar-refractivity contribution in [2.24, 2.45) is 5.92 Å². The summed E-state index contributed by atoms with van der Waals surface area (Å²) in [7, 11) is -1.61. The lowest BCUT2D eigenvalue weighted by Crippen LogP contribution is -2.48. The maximum Gasteiger partial charge on any atom is 0.225 e. The van der Waals surface area contributed by atoms with Crippen LogP contribution in [0.1, 0.15) is 26.2 Å². The first-order chi connectivity index (χ1) is 8.97. The van der Waals surface area contributed by atoms with Crippen molar-refractivity contribution in [3.05, 3.63) is 0 Å². The average Bonchev–Trinajstić information content (AvgIpc) is 2.70. The van der Waals surface area contributed by atoms with Gasteiger partial charge in [0.15, 0.2) is 0 Å². The van der Waals surface area contributed by atoms with Crippen LogP contribution in [0.4, 0.5) is 0 Å². The normalized spacial score (nSPS) is 31.4. The van der Waals surface area contributed by atoms with Gasteiger partial charge in [-0.1, -0.05) is 13.3 Å². The quantitative estimate of drug-likeness (QED) is 0.770. The van der Waals surface area contributed by atoms with Gasteiger partial charge >= 0.3 is 0 Å². The molecule has 2 heterocycles. The highest BCUT2D eigenvalue weighted by Gasteiger charge is 2.46. The van der Waals surface area contributed by atoms with Crippen LogP contribution in [0.25, 0.3) is 0 Å². The van der Waals surface area contributed by atoms with Crippen LogP contribution in [0.5, 0.6) is 0 Å². The zero-order chi connectivity index (χ0) is 14.0. The van der Waals surface area contributed by atoms with Crippen molar-refractivity contribution < 1.29 is 17.9 Å². The smallest absolute Gasteiger partial charge is 0.225 e. The summed E-state index contributed by atoms with van der Waals surface area (Å²) in [4.78, 5) is 11.7. The minimum atomic E-state index is -3.21. The monoisotopic (exact) mass is 290 g/mol. The number of hydrogen-bond donors (Lipinski definition) is 1. The predicted molar refractivity (Wildman–Crippen MR) is 71.1 cm³/mol. The zero-order valence-corrected chi connectivity index (χ0v) is 12.3. The van der Waals surface area contributed by atoms with E-state index in [0.29, 0.717) is 25.9 Å². The third-order valence-corrected chi connectivity index (χ3v) is 5.75. The van der Waals surface area contributed by atoms with Gasteiger partial charge in [-0.2, -0.15) is 4.31 Å². The summed E-state index contributed by atoms with van der Waals surface area (Å²) in [6.07, 6.45) is 1.71. The van der Waals surface area contributed by atoms with Crippen LogP contribution in [0.2, 0.25) is 0 Å². The minimum absolute atomic E-state index is 0.0553. The van der Waals surface area contributed by atoms with E-state index in [2.05, 4.69) is 5.32 Å². The van der Waals surface area contributed by atoms with Crippen molar-refractivity contribution >= 4 is 15.9 Å². The second-order valence-electron chi connectivity index (χ2n) is 5.24. The average molecular weight is 290 g/mol. The van der Waals surface area contributed by atoms with E-state index in [9.17, 15) is 13.2 Å². The van der Waals surface area contributed by atoms with Gasteiger partial charge in [0.05, 0.1) is 23.9 Å². The Hall–Kier alpha value is -0.660. The Morgan fingerprint density at radius 3 is 2.79 bits per heavy atom. The molecule has 0 aromatic heterocycles. The van der Waals surface area contributed by atoms with E-state index in [0.717, 1.165) is 6.42 Å². The molecule has 3 unspecified atom stereocenters. The number of sulfonamides is 1. The standard InChI is InChI=1S/C12H22N2O4S/c1-3-4-5-19(16,17)14-7-9-6-10(12(15)13-2)11(8-14)18-9/h9-11H,3-8H2,1-2H3,(H,13,15). The molecule has 0 spiro atoms. The summed E-state index contributed by atoms with van der Waals surface area (Å²) in [5, 5.41) is 2.62. The molecule has 2 aliphatic rings. The third-order valence-electron chi connectivity index (χ3n) is 3.86. The highest BCUT2D eigenvalue weighted by molar-refractivity contribution is 7.89. The predicted octanol–water partition coefficient (Wildman–Crippen LogP) is -0.0484. The number of nitrogens with one attached hydrogen (secondary N) is 1. The molecule has 2 rings (SSSR count). The number of fused-ring (bicyclic) bond motifs is 2. The first-order valence-corrected chi connectivity index (χ1v) is 8.43. The van der Waals surface area contributed by atoms with Crippen LogP contribution in [0, 0.1) is 5.92 Å². The number of rotatable bonds is 5. The van der Waals surface area contributed by atoms with E-state index in [-0.39, 0.29) is 29.8 Å². The maximum absolute atomic E-state index is 12.2. The second-order valence-corrected chi connectivity index (χ2v) is 7.33. The van der Waals surface area contributed by atoms with E-state index in [1.165, 1.54) is 4.31 Å². The van der Waals surface area contributed by atoms with E-state index < -0.39 is 10.0 Å². The fourth-order valence-electron chi connectivity index (χ4n) is 2.77. The van der Waals surface area contributed by atoms with Gasteiger partial charge in [0.25, 0.3) is 0 Å². The molecule has 110 valence electrons. The second kappa shape index (κ2) is 5.76. The highest BCUT2D eigenvalue weighted by atomic mass is 32.2. The minimum Gasteiger partial charge on any atom is -0.371 e. The Bertz CT molecular complexity index is 437. The van der Waals surface area contributed by atoms with Crippen LogP contribution < -0.4 is 5.32 Å². The van der Waals surface area contributed by atoms with Gasteiger partial charge in [0, 0.05) is 20.1 Å². The molecule has 2 aliphatic heterocycles. The molecule has 3 atom stereocenters. The molecular formula is C12H22N2O4S. The van der Waals surface area contributed by atoms with Gasteiger partial charge in [0.1, 0.15) is 0 Å². The number of carbonyl (C=O) groups is 1. The summed E-state index contributed by atoms with van der Waals surface area (Å²) in [5.74, 6) is -0.0881. The highest BCUT2D eigenvalue weighted by Crippen LogP contribution is 2.33. The Morgan fingerprint density at radius 1 is 1.42 bits per heavy atom. The van der Waals surface area contributed by atoms with Crippen LogP contribution in [0.3, 0.4) is 0 Å². The SMILES string of the molecule is CCCCS(=O)(=O)N1CC2CC(C(=O)NC)C(C1)O2. The van der Waals surface area contributed by atoms with Gasteiger partial charge in [-0.25, -0.2) is 8.42 Å². The molecule has 7 heteroatoms. The fraction of sp³-hybridized carbons (Fsp3) is 0.917. The Kier molecular flexibility index (Phi) is 4.47. The van der Waals surface area contributed by atoms with Gasteiger partial charge in [-0.05, 0) is 12.8 Å². The molecule has 19 heavy (non-hydrogen) atoms. The topological polar surface area (TPSA) is 75.7 Å². The summed E-state index contributed by atoms with van der Waals surface area (Å²) in [6, 6.07) is 0. The zero-order valence-electron chi connectivity index (χ0n) is 11.5. The molecule has 0 aromatic carbocycles. The first-order valence-electron chi connectivity index (χ1n) is 6.82. The summed E-state index contributed by atoms with van der Waals surface area (Å²) in [6.45, 7) is 2.66. The van der Waals surface area contributed by atoms with Crippen LogP contribution in [-0.4, -0.2) is 56.7 Å². The van der Waals surface area contributed by atoms with Crippen LogP contribution in [0.15, 0.2) is 0 Å². The van der Waals surface area contributed by atoms with Crippen molar-refractivity contribution in [1.82, 2.24) is 9.62 Å². The van der Waals surface area contributed by atoms with Crippen LogP contribution in [-0.2, 0) is 19.6 Å². The number of morpholine rings is 1. The number of nitrogens with zero attached hydrogens (tertiary/aromatic N) is 1. The van der Waals surface area contributed by atoms with Gasteiger partial charge < -0.3 is 10.1 Å². The Labute approximate surface area is 114 Å². The lowest BCUT2D eigenvalue weighted by molar-refractivity contribution is -0.126. The Morgan fingerprint density at radius 2 is 2.16 bits per heavy atom. The van der Waals surface area contributed by atoms with Gasteiger partial charge in [-0.3, -0.25) is 4.79 Å². The van der Waals surface area contributed by atoms with Crippen molar-refractivity contribution in [2.45, 2.75) is 38.4 Å². The lowest BCUT2D eigenvalue weighted by atomic mass is 10.00. The first kappa shape index (κ1) is 14.7. The Balaban J connectivity index is 2.04. The summed E-state index contributed by atoms with van der Waals surface area (Å²) >= 11 is 0. The number of carbonyl (C=O) groups excluding carboxylic acids is 1. The van der Waals surface area contributed by atoms with Crippen molar-refractivity contribution in [3.63, 3.8) is 0 Å². The lowest BCUT2D eigenvalue weighted by Gasteiger charge is -2.31. The van der Waals surface area contributed by atoms with E-state index in [4.69, 9.17) is 4.74 Å². The molecule has 2 fully saturated rings. The summed E-state index contributed by atoms with van der Waals surface area (Å²) in [5.41, 5.74) is 0. The number of hydrogen-bond acceptors (Lipinski definition) is 4. The third kappa shape index (κ3) is 3.09. The fourth-order valence-corrected chi connectivity index (χ4v) is 4.45. The van der Waals surface area contributed by atoms with Gasteiger partial charge in [0.2, 0.25) is 15.9 Å². The maximum atomic E-state index is 12.2. The molecular weight excluding hydrogens is 268 g/mol. The largest absolute Gasteiger partial charge is 0.371 e. The van der Waals surface area contributed by atoms with E-state index >= 15 is 0 Å². The molecule has 0 aromatic rings. The number of unbranched alkanes of at least 4 members (excludes halogenated alkanes) is 1. The van der Waals surface area contributed by atoms with Crippen molar-refractivity contribution in [3.8, 4) is 0 Å². The molecule has 6 nitrogen and oxygen atoms in total. The summed E-state index contributed by atoms with van der Waals surface area (Å²) < 4.78 is 31.6. The molecule has 1 amide bonds. The molecule has 0 saturated carbocycles. The molecule has 2 saturated heterocycles. The van der Waals surface area contributed by atoms with E-state index in [1.807, 2.05) is 6.92 Å². The van der Waals surface area contributed by atoms with Crippen LogP contribution >= 0.6 is 0 Å². The molecule has 1 N–H and O–H groups in total. The molecule has 0 radical (unpaired) electrons. The molecule has 0 aliphatic carbocycles.